The van der Waals surface area contributed by atoms with Crippen LogP contribution < -0.4 is 5.32 Å². The SMILES string of the molecule is Cn1nnnc1SCC(=O)NCC12CC3CC(CC(C3)C1)C2. The first kappa shape index (κ1) is 14.5. The van der Waals surface area contributed by atoms with Crippen molar-refractivity contribution in [1.29, 1.82) is 0 Å². The molecule has 1 aromatic heterocycles. The molecule has 7 heteroatoms. The lowest BCUT2D eigenvalue weighted by molar-refractivity contribution is -0.120. The van der Waals surface area contributed by atoms with Crippen molar-refractivity contribution in [3.63, 3.8) is 0 Å². The Morgan fingerprint density at radius 2 is 1.91 bits per heavy atom. The molecule has 0 saturated heterocycles. The quantitative estimate of drug-likeness (QED) is 0.835. The van der Waals surface area contributed by atoms with Crippen LogP contribution in [0.4, 0.5) is 0 Å². The molecule has 4 saturated carbocycles. The summed E-state index contributed by atoms with van der Waals surface area (Å²) in [4.78, 5) is 12.1. The van der Waals surface area contributed by atoms with Crippen molar-refractivity contribution in [3.05, 3.63) is 0 Å². The highest BCUT2D eigenvalue weighted by Gasteiger charge is 2.50. The molecule has 1 N–H and O–H groups in total. The highest BCUT2D eigenvalue weighted by Crippen LogP contribution is 2.59. The number of tetrazole rings is 1. The number of amides is 1. The van der Waals surface area contributed by atoms with Crippen LogP contribution in [0.25, 0.3) is 0 Å². The second kappa shape index (κ2) is 5.51. The molecule has 0 aliphatic heterocycles. The highest BCUT2D eigenvalue weighted by molar-refractivity contribution is 7.99. The molecule has 4 aliphatic carbocycles. The fourth-order valence-corrected chi connectivity index (χ4v) is 6.00. The first-order valence-electron chi connectivity index (χ1n) is 8.24. The molecule has 0 unspecified atom stereocenters. The standard InChI is InChI=1S/C15H23N5OS/c1-20-14(17-18-19-20)22-8-13(21)16-9-15-5-10-2-11(6-15)4-12(3-10)7-15/h10-12H,2-9H2,1H3,(H,16,21). The van der Waals surface area contributed by atoms with Gasteiger partial charge in [0.05, 0.1) is 5.75 Å². The van der Waals surface area contributed by atoms with Gasteiger partial charge in [0.15, 0.2) is 0 Å². The predicted molar refractivity (Wildman–Crippen MR) is 83.1 cm³/mol. The fraction of sp³-hybridized carbons (Fsp3) is 0.867. The first-order chi connectivity index (χ1) is 10.6. The van der Waals surface area contributed by atoms with E-state index < -0.39 is 0 Å². The third-order valence-electron chi connectivity index (χ3n) is 5.74. The van der Waals surface area contributed by atoms with Crippen molar-refractivity contribution in [3.8, 4) is 0 Å². The lowest BCUT2D eigenvalue weighted by atomic mass is 9.49. The van der Waals surface area contributed by atoms with E-state index in [9.17, 15) is 4.79 Å². The minimum atomic E-state index is 0.101. The normalized spacial score (nSPS) is 35.8. The molecule has 4 aliphatic rings. The van der Waals surface area contributed by atoms with Crippen molar-refractivity contribution >= 4 is 17.7 Å². The van der Waals surface area contributed by atoms with Gasteiger partial charge < -0.3 is 5.32 Å². The maximum atomic E-state index is 12.1. The molecule has 0 atom stereocenters. The summed E-state index contributed by atoms with van der Waals surface area (Å²) in [5, 5.41) is 15.1. The van der Waals surface area contributed by atoms with Crippen LogP contribution in [-0.2, 0) is 11.8 Å². The summed E-state index contributed by atoms with van der Waals surface area (Å²) >= 11 is 1.39. The van der Waals surface area contributed by atoms with Crippen molar-refractivity contribution in [1.82, 2.24) is 25.5 Å². The molecule has 22 heavy (non-hydrogen) atoms. The van der Waals surface area contributed by atoms with Gasteiger partial charge in [-0.3, -0.25) is 4.79 Å². The van der Waals surface area contributed by atoms with Gasteiger partial charge in [-0.1, -0.05) is 11.8 Å². The topological polar surface area (TPSA) is 72.7 Å². The zero-order chi connectivity index (χ0) is 15.2. The second-order valence-corrected chi connectivity index (χ2v) is 8.51. The van der Waals surface area contributed by atoms with E-state index >= 15 is 0 Å². The third-order valence-corrected chi connectivity index (χ3v) is 6.75. The van der Waals surface area contributed by atoms with E-state index in [1.54, 1.807) is 11.7 Å². The molecule has 0 spiro atoms. The van der Waals surface area contributed by atoms with Crippen molar-refractivity contribution < 1.29 is 4.79 Å². The summed E-state index contributed by atoms with van der Waals surface area (Å²) in [5.74, 6) is 3.29. The molecular weight excluding hydrogens is 298 g/mol. The maximum absolute atomic E-state index is 12.1. The summed E-state index contributed by atoms with van der Waals surface area (Å²) in [6.07, 6.45) is 8.34. The molecule has 0 radical (unpaired) electrons. The summed E-state index contributed by atoms with van der Waals surface area (Å²) in [6, 6.07) is 0. The summed E-state index contributed by atoms with van der Waals surface area (Å²) in [5.41, 5.74) is 0.404. The van der Waals surface area contributed by atoms with Gasteiger partial charge in [-0.25, -0.2) is 4.68 Å². The van der Waals surface area contributed by atoms with E-state index in [0.29, 0.717) is 16.3 Å². The van der Waals surface area contributed by atoms with Gasteiger partial charge >= 0.3 is 0 Å². The number of hydrogen-bond donors (Lipinski definition) is 1. The van der Waals surface area contributed by atoms with E-state index in [1.807, 2.05) is 0 Å². The average molecular weight is 321 g/mol. The van der Waals surface area contributed by atoms with Gasteiger partial charge in [-0.05, 0) is 72.1 Å². The Morgan fingerprint density at radius 1 is 1.27 bits per heavy atom. The van der Waals surface area contributed by atoms with Crippen molar-refractivity contribution in [2.75, 3.05) is 12.3 Å². The second-order valence-electron chi connectivity index (χ2n) is 7.57. The lowest BCUT2D eigenvalue weighted by Gasteiger charge is -2.56. The Hall–Kier alpha value is -1.11. The molecule has 1 amide bonds. The number of aromatic nitrogens is 4. The highest BCUT2D eigenvalue weighted by atomic mass is 32.2. The lowest BCUT2D eigenvalue weighted by Crippen LogP contribution is -2.51. The minimum absolute atomic E-state index is 0.101. The van der Waals surface area contributed by atoms with Crippen molar-refractivity contribution in [2.24, 2.45) is 30.2 Å². The van der Waals surface area contributed by atoms with Crippen LogP contribution in [0, 0.1) is 23.2 Å². The monoisotopic (exact) mass is 321 g/mol. The van der Waals surface area contributed by atoms with E-state index in [4.69, 9.17) is 0 Å². The maximum Gasteiger partial charge on any atom is 0.230 e. The molecule has 1 heterocycles. The Morgan fingerprint density at radius 3 is 2.45 bits per heavy atom. The first-order valence-corrected chi connectivity index (χ1v) is 9.22. The number of nitrogens with zero attached hydrogens (tertiary/aromatic N) is 4. The number of carbonyl (C=O) groups excluding carboxylic acids is 1. The fourth-order valence-electron chi connectivity index (χ4n) is 5.32. The Labute approximate surface area is 134 Å². The van der Waals surface area contributed by atoms with Gasteiger partial charge in [-0.2, -0.15) is 0 Å². The molecular formula is C15H23N5OS. The number of thioether (sulfide) groups is 1. The summed E-state index contributed by atoms with van der Waals surface area (Å²) in [6.45, 7) is 0.868. The Kier molecular flexibility index (Phi) is 3.63. The van der Waals surface area contributed by atoms with Gasteiger partial charge in [0.1, 0.15) is 0 Å². The molecule has 4 bridgehead atoms. The Balaban J connectivity index is 1.29. The summed E-state index contributed by atoms with van der Waals surface area (Å²) < 4.78 is 1.59. The van der Waals surface area contributed by atoms with Crippen LogP contribution in [0.3, 0.4) is 0 Å². The van der Waals surface area contributed by atoms with Crippen LogP contribution in [0.15, 0.2) is 5.16 Å². The number of aryl methyl sites for hydroxylation is 1. The number of carbonyl (C=O) groups is 1. The van der Waals surface area contributed by atoms with E-state index in [2.05, 4.69) is 20.8 Å². The largest absolute Gasteiger partial charge is 0.355 e. The molecule has 5 rings (SSSR count). The summed E-state index contributed by atoms with van der Waals surface area (Å²) in [7, 11) is 1.79. The molecule has 1 aromatic rings. The van der Waals surface area contributed by atoms with Crippen LogP contribution in [0.1, 0.15) is 38.5 Å². The van der Waals surface area contributed by atoms with Crippen LogP contribution in [0.2, 0.25) is 0 Å². The van der Waals surface area contributed by atoms with Crippen molar-refractivity contribution in [2.45, 2.75) is 43.7 Å². The Bertz CT molecular complexity index is 537. The van der Waals surface area contributed by atoms with E-state index in [1.165, 1.54) is 50.3 Å². The number of hydrogen-bond acceptors (Lipinski definition) is 5. The van der Waals surface area contributed by atoms with Crippen LogP contribution in [-0.4, -0.2) is 38.4 Å². The zero-order valence-corrected chi connectivity index (χ0v) is 13.8. The molecule has 4 fully saturated rings. The predicted octanol–water partition coefficient (Wildman–Crippen LogP) is 1.63. The van der Waals surface area contributed by atoms with Gasteiger partial charge in [-0.15, -0.1) is 5.10 Å². The smallest absolute Gasteiger partial charge is 0.230 e. The van der Waals surface area contributed by atoms with Gasteiger partial charge in [0.2, 0.25) is 11.1 Å². The minimum Gasteiger partial charge on any atom is -0.355 e. The van der Waals surface area contributed by atoms with Crippen LogP contribution >= 0.6 is 11.8 Å². The number of rotatable bonds is 5. The van der Waals surface area contributed by atoms with Gasteiger partial charge in [0, 0.05) is 13.6 Å². The van der Waals surface area contributed by atoms with Gasteiger partial charge in [0.25, 0.3) is 0 Å². The van der Waals surface area contributed by atoms with E-state index in [0.717, 1.165) is 24.3 Å². The zero-order valence-electron chi connectivity index (χ0n) is 13.0. The molecule has 120 valence electrons. The molecule has 6 nitrogen and oxygen atoms in total. The van der Waals surface area contributed by atoms with Crippen LogP contribution in [0.5, 0.6) is 0 Å². The molecule has 0 aromatic carbocycles. The third kappa shape index (κ3) is 2.75. The number of nitrogens with one attached hydrogen (secondary N) is 1. The average Bonchev–Trinajstić information content (AvgIpc) is 2.87. The van der Waals surface area contributed by atoms with E-state index in [-0.39, 0.29) is 5.91 Å².